The fourth-order valence-electron chi connectivity index (χ4n) is 3.84. The zero-order valence-electron chi connectivity index (χ0n) is 15.6. The molecule has 1 aliphatic rings. The van der Waals surface area contributed by atoms with E-state index in [0.717, 1.165) is 25.7 Å². The van der Waals surface area contributed by atoms with Crippen LogP contribution in [0.4, 0.5) is 0 Å². The molecule has 0 spiro atoms. The van der Waals surface area contributed by atoms with Gasteiger partial charge in [0, 0.05) is 24.1 Å². The van der Waals surface area contributed by atoms with Crippen LogP contribution >= 0.6 is 0 Å². The summed E-state index contributed by atoms with van der Waals surface area (Å²) >= 11 is 0. The molecular weight excluding hydrogens is 360 g/mol. The maximum absolute atomic E-state index is 12.7. The van der Waals surface area contributed by atoms with E-state index >= 15 is 0 Å². The standard InChI is InChI=1S/C21H26N2O3S/c1-2-23-27(25,26)19-12-8-9-17(15-19)20(24)22-16-21(13-6-7-14-21)18-10-4-3-5-11-18/h3-5,8-12,15,23H,2,6-7,13-14,16H2,1H3,(H,22,24). The molecule has 0 aliphatic heterocycles. The highest BCUT2D eigenvalue weighted by atomic mass is 32.2. The van der Waals surface area contributed by atoms with E-state index in [-0.39, 0.29) is 16.2 Å². The second-order valence-corrected chi connectivity index (χ2v) is 8.83. The molecule has 27 heavy (non-hydrogen) atoms. The number of rotatable bonds is 7. The van der Waals surface area contributed by atoms with Crippen molar-refractivity contribution in [2.75, 3.05) is 13.1 Å². The molecule has 0 atom stereocenters. The van der Waals surface area contributed by atoms with Crippen LogP contribution in [0.5, 0.6) is 0 Å². The van der Waals surface area contributed by atoms with Gasteiger partial charge in [0.1, 0.15) is 0 Å². The van der Waals surface area contributed by atoms with E-state index in [9.17, 15) is 13.2 Å². The minimum absolute atomic E-state index is 0.0373. The van der Waals surface area contributed by atoms with Gasteiger partial charge >= 0.3 is 0 Å². The van der Waals surface area contributed by atoms with Gasteiger partial charge in [-0.15, -0.1) is 0 Å². The van der Waals surface area contributed by atoms with E-state index in [4.69, 9.17) is 0 Å². The van der Waals surface area contributed by atoms with E-state index in [1.54, 1.807) is 19.1 Å². The first-order chi connectivity index (χ1) is 13.0. The zero-order chi connectivity index (χ0) is 19.3. The summed E-state index contributed by atoms with van der Waals surface area (Å²) in [6.07, 6.45) is 4.40. The van der Waals surface area contributed by atoms with Crippen LogP contribution in [0.1, 0.15) is 48.5 Å². The molecule has 0 unspecified atom stereocenters. The number of amides is 1. The molecule has 1 saturated carbocycles. The predicted molar refractivity (Wildman–Crippen MR) is 106 cm³/mol. The molecule has 2 N–H and O–H groups in total. The summed E-state index contributed by atoms with van der Waals surface area (Å²) in [5.41, 5.74) is 1.58. The van der Waals surface area contributed by atoms with E-state index in [1.165, 1.54) is 17.7 Å². The summed E-state index contributed by atoms with van der Waals surface area (Å²) in [7, 11) is -3.58. The van der Waals surface area contributed by atoms with Gasteiger partial charge in [-0.1, -0.05) is 56.2 Å². The summed E-state index contributed by atoms with van der Waals surface area (Å²) in [6.45, 7) is 2.58. The third-order valence-electron chi connectivity index (χ3n) is 5.28. The van der Waals surface area contributed by atoms with Crippen LogP contribution in [0.15, 0.2) is 59.5 Å². The molecule has 0 aromatic heterocycles. The fraction of sp³-hybridized carbons (Fsp3) is 0.381. The SMILES string of the molecule is CCNS(=O)(=O)c1cccc(C(=O)NCC2(c3ccccc3)CCCC2)c1. The molecule has 1 aliphatic carbocycles. The van der Waals surface area contributed by atoms with Crippen molar-refractivity contribution < 1.29 is 13.2 Å². The summed E-state index contributed by atoms with van der Waals surface area (Å²) in [4.78, 5) is 12.8. The van der Waals surface area contributed by atoms with Gasteiger partial charge in [0.2, 0.25) is 10.0 Å². The van der Waals surface area contributed by atoms with Crippen LogP contribution in [-0.4, -0.2) is 27.4 Å². The Labute approximate surface area is 161 Å². The molecular formula is C21H26N2O3S. The number of hydrogen-bond donors (Lipinski definition) is 2. The molecule has 0 heterocycles. The quantitative estimate of drug-likeness (QED) is 0.767. The maximum Gasteiger partial charge on any atom is 0.251 e. The molecule has 3 rings (SSSR count). The van der Waals surface area contributed by atoms with Gasteiger partial charge in [0.25, 0.3) is 5.91 Å². The number of benzene rings is 2. The van der Waals surface area contributed by atoms with E-state index in [0.29, 0.717) is 18.7 Å². The Balaban J connectivity index is 1.76. The van der Waals surface area contributed by atoms with Crippen LogP contribution in [0.2, 0.25) is 0 Å². The third kappa shape index (κ3) is 4.39. The maximum atomic E-state index is 12.7. The largest absolute Gasteiger partial charge is 0.351 e. The molecule has 2 aromatic carbocycles. The Kier molecular flexibility index (Phi) is 5.97. The second-order valence-electron chi connectivity index (χ2n) is 7.07. The normalized spacial score (nSPS) is 16.2. The van der Waals surface area contributed by atoms with Gasteiger partial charge in [-0.2, -0.15) is 0 Å². The Morgan fingerprint density at radius 2 is 1.74 bits per heavy atom. The predicted octanol–water partition coefficient (Wildman–Crippen LogP) is 3.23. The minimum Gasteiger partial charge on any atom is -0.351 e. The number of hydrogen-bond acceptors (Lipinski definition) is 3. The third-order valence-corrected chi connectivity index (χ3v) is 6.82. The molecule has 144 valence electrons. The lowest BCUT2D eigenvalue weighted by Crippen LogP contribution is -2.39. The Morgan fingerprint density at radius 3 is 2.41 bits per heavy atom. The summed E-state index contributed by atoms with van der Waals surface area (Å²) < 4.78 is 26.8. The molecule has 1 fully saturated rings. The molecule has 0 radical (unpaired) electrons. The summed E-state index contributed by atoms with van der Waals surface area (Å²) in [5, 5.41) is 3.04. The van der Waals surface area contributed by atoms with Crippen LogP contribution in [-0.2, 0) is 15.4 Å². The van der Waals surface area contributed by atoms with Crippen molar-refractivity contribution in [2.24, 2.45) is 0 Å². The van der Waals surface area contributed by atoms with Crippen LogP contribution in [0, 0.1) is 0 Å². The second kappa shape index (κ2) is 8.23. The lowest BCUT2D eigenvalue weighted by atomic mass is 9.79. The number of carbonyl (C=O) groups excluding carboxylic acids is 1. The topological polar surface area (TPSA) is 75.3 Å². The minimum atomic E-state index is -3.58. The molecule has 0 bridgehead atoms. The summed E-state index contributed by atoms with van der Waals surface area (Å²) in [6, 6.07) is 16.5. The van der Waals surface area contributed by atoms with Crippen molar-refractivity contribution in [3.8, 4) is 0 Å². The Hall–Kier alpha value is -2.18. The molecule has 6 heteroatoms. The van der Waals surface area contributed by atoms with Crippen molar-refractivity contribution in [2.45, 2.75) is 42.9 Å². The van der Waals surface area contributed by atoms with Crippen molar-refractivity contribution >= 4 is 15.9 Å². The first-order valence-electron chi connectivity index (χ1n) is 9.40. The van der Waals surface area contributed by atoms with Crippen molar-refractivity contribution in [3.63, 3.8) is 0 Å². The highest BCUT2D eigenvalue weighted by Gasteiger charge is 2.35. The van der Waals surface area contributed by atoms with Crippen LogP contribution in [0.25, 0.3) is 0 Å². The molecule has 1 amide bonds. The fourth-order valence-corrected chi connectivity index (χ4v) is 4.93. The number of carbonyl (C=O) groups is 1. The van der Waals surface area contributed by atoms with Crippen LogP contribution < -0.4 is 10.0 Å². The summed E-state index contributed by atoms with van der Waals surface area (Å²) in [5.74, 6) is -0.245. The van der Waals surface area contributed by atoms with E-state index in [2.05, 4.69) is 22.2 Å². The Bertz CT molecular complexity index is 889. The smallest absolute Gasteiger partial charge is 0.251 e. The van der Waals surface area contributed by atoms with Crippen LogP contribution in [0.3, 0.4) is 0 Å². The highest BCUT2D eigenvalue weighted by Crippen LogP contribution is 2.40. The van der Waals surface area contributed by atoms with Gasteiger partial charge in [0.15, 0.2) is 0 Å². The molecule has 0 saturated heterocycles. The Morgan fingerprint density at radius 1 is 1.04 bits per heavy atom. The van der Waals surface area contributed by atoms with Gasteiger partial charge in [-0.3, -0.25) is 4.79 Å². The van der Waals surface area contributed by atoms with Crippen molar-refractivity contribution in [3.05, 3.63) is 65.7 Å². The van der Waals surface area contributed by atoms with Crippen molar-refractivity contribution in [1.29, 1.82) is 0 Å². The van der Waals surface area contributed by atoms with Gasteiger partial charge in [-0.05, 0) is 36.6 Å². The first kappa shape index (κ1) is 19.6. The van der Waals surface area contributed by atoms with Gasteiger partial charge in [-0.25, -0.2) is 13.1 Å². The molecule has 2 aromatic rings. The average molecular weight is 387 g/mol. The van der Waals surface area contributed by atoms with Gasteiger partial charge in [0.05, 0.1) is 4.90 Å². The van der Waals surface area contributed by atoms with E-state index in [1.807, 2.05) is 18.2 Å². The lowest BCUT2D eigenvalue weighted by Gasteiger charge is -2.30. The van der Waals surface area contributed by atoms with E-state index < -0.39 is 10.0 Å². The lowest BCUT2D eigenvalue weighted by molar-refractivity contribution is 0.0943. The monoisotopic (exact) mass is 386 g/mol. The highest BCUT2D eigenvalue weighted by molar-refractivity contribution is 7.89. The number of nitrogens with one attached hydrogen (secondary N) is 2. The zero-order valence-corrected chi connectivity index (χ0v) is 16.4. The molecule has 5 nitrogen and oxygen atoms in total. The van der Waals surface area contributed by atoms with Gasteiger partial charge < -0.3 is 5.32 Å². The van der Waals surface area contributed by atoms with Crippen molar-refractivity contribution in [1.82, 2.24) is 10.0 Å². The number of sulfonamides is 1. The first-order valence-corrected chi connectivity index (χ1v) is 10.9. The average Bonchev–Trinajstić information content (AvgIpc) is 3.17.